The van der Waals surface area contributed by atoms with Crippen LogP contribution < -0.4 is 0 Å². The third-order valence-electron chi connectivity index (χ3n) is 6.70. The highest BCUT2D eigenvalue weighted by atomic mass is 15.3. The van der Waals surface area contributed by atoms with Crippen LogP contribution in [0, 0.1) is 23.7 Å². The van der Waals surface area contributed by atoms with Crippen LogP contribution in [0.15, 0.2) is 83.0 Å². The Morgan fingerprint density at radius 2 is 1.09 bits per heavy atom. The maximum Gasteiger partial charge on any atom is 0.116 e. The fourth-order valence-electron chi connectivity index (χ4n) is 5.62. The van der Waals surface area contributed by atoms with Gasteiger partial charge in [0.25, 0.3) is 0 Å². The lowest BCUT2D eigenvalue weighted by Gasteiger charge is -2.58. The summed E-state index contributed by atoms with van der Waals surface area (Å²) in [7, 11) is 0. The van der Waals surface area contributed by atoms with E-state index in [-0.39, 0.29) is 11.1 Å². The van der Waals surface area contributed by atoms with Gasteiger partial charge in [-0.3, -0.25) is 0 Å². The van der Waals surface area contributed by atoms with Gasteiger partial charge in [0, 0.05) is 11.8 Å². The molecule has 23 heavy (non-hydrogen) atoms. The van der Waals surface area contributed by atoms with Gasteiger partial charge in [-0.1, -0.05) is 72.8 Å². The van der Waals surface area contributed by atoms with Crippen LogP contribution in [0.5, 0.6) is 0 Å². The molecule has 2 heteroatoms. The van der Waals surface area contributed by atoms with Gasteiger partial charge in [0.15, 0.2) is 0 Å². The van der Waals surface area contributed by atoms with Crippen molar-refractivity contribution in [3.05, 3.63) is 83.9 Å². The van der Waals surface area contributed by atoms with E-state index in [1.165, 1.54) is 17.5 Å². The van der Waals surface area contributed by atoms with E-state index in [1.54, 1.807) is 0 Å². The van der Waals surface area contributed by atoms with E-state index in [4.69, 9.17) is 10.2 Å². The van der Waals surface area contributed by atoms with Gasteiger partial charge in [-0.25, -0.2) is 0 Å². The summed E-state index contributed by atoms with van der Waals surface area (Å²) in [6, 6.07) is 21.7. The van der Waals surface area contributed by atoms with Crippen molar-refractivity contribution >= 4 is 0 Å². The van der Waals surface area contributed by atoms with Crippen LogP contribution in [0.1, 0.15) is 17.5 Å². The normalized spacial score (nSPS) is 44.3. The molecule has 2 aromatic rings. The van der Waals surface area contributed by atoms with Gasteiger partial charge in [-0.15, -0.1) is 0 Å². The van der Waals surface area contributed by atoms with Crippen molar-refractivity contribution in [2.45, 2.75) is 17.5 Å². The van der Waals surface area contributed by atoms with Crippen LogP contribution >= 0.6 is 0 Å². The Morgan fingerprint density at radius 1 is 0.652 bits per heavy atom. The third-order valence-corrected chi connectivity index (χ3v) is 6.70. The Balaban J connectivity index is 1.60. The minimum absolute atomic E-state index is 0.0954. The summed E-state index contributed by atoms with van der Waals surface area (Å²) in [5, 5.41) is 10.1. The number of nitrogens with zero attached hydrogens (tertiary/aromatic N) is 2. The summed E-state index contributed by atoms with van der Waals surface area (Å²) in [5.74, 6) is 2.31. The van der Waals surface area contributed by atoms with Gasteiger partial charge in [-0.05, 0) is 29.4 Å². The van der Waals surface area contributed by atoms with Gasteiger partial charge >= 0.3 is 0 Å². The zero-order valence-electron chi connectivity index (χ0n) is 12.8. The number of rotatable bonds is 2. The number of azo groups is 1. The quantitative estimate of drug-likeness (QED) is 0.718. The van der Waals surface area contributed by atoms with Crippen LogP contribution in [-0.4, -0.2) is 0 Å². The first-order valence-corrected chi connectivity index (χ1v) is 8.61. The van der Waals surface area contributed by atoms with Gasteiger partial charge in [0.1, 0.15) is 11.1 Å². The first-order chi connectivity index (χ1) is 11.4. The maximum absolute atomic E-state index is 5.03. The topological polar surface area (TPSA) is 24.7 Å². The van der Waals surface area contributed by atoms with Crippen LogP contribution in [-0.2, 0) is 11.1 Å². The van der Waals surface area contributed by atoms with E-state index in [2.05, 4.69) is 72.8 Å². The minimum Gasteiger partial charge on any atom is -0.181 e. The molecule has 0 amide bonds. The fourth-order valence-corrected chi connectivity index (χ4v) is 5.62. The van der Waals surface area contributed by atoms with E-state index in [1.807, 2.05) is 0 Å². The summed E-state index contributed by atoms with van der Waals surface area (Å²) >= 11 is 0. The molecule has 5 aliphatic rings. The van der Waals surface area contributed by atoms with E-state index in [0.29, 0.717) is 23.7 Å². The van der Waals surface area contributed by atoms with Crippen molar-refractivity contribution in [2.75, 3.05) is 0 Å². The summed E-state index contributed by atoms with van der Waals surface area (Å²) < 4.78 is 0. The Hall–Kier alpha value is -2.22. The molecule has 0 N–H and O–H groups in total. The monoisotopic (exact) mass is 298 g/mol. The molecule has 6 atom stereocenters. The van der Waals surface area contributed by atoms with Gasteiger partial charge in [0.05, 0.1) is 0 Å². The molecule has 0 aromatic heterocycles. The Bertz CT molecular complexity index is 771. The molecule has 2 saturated carbocycles. The minimum atomic E-state index is -0.0954. The van der Waals surface area contributed by atoms with Gasteiger partial charge < -0.3 is 0 Å². The van der Waals surface area contributed by atoms with Crippen molar-refractivity contribution in [1.82, 2.24) is 0 Å². The van der Waals surface area contributed by atoms with Crippen molar-refractivity contribution in [3.63, 3.8) is 0 Å². The molecule has 2 bridgehead atoms. The van der Waals surface area contributed by atoms with Crippen molar-refractivity contribution in [1.29, 1.82) is 0 Å². The summed E-state index contributed by atoms with van der Waals surface area (Å²) in [5.41, 5.74) is 2.53. The molecule has 0 unspecified atom stereocenters. The third kappa shape index (κ3) is 1.21. The summed E-state index contributed by atoms with van der Waals surface area (Å²) in [4.78, 5) is 0. The second-order valence-corrected chi connectivity index (χ2v) is 7.47. The highest BCUT2D eigenvalue weighted by Crippen LogP contribution is 2.77. The molecule has 2 nitrogen and oxygen atoms in total. The molecule has 112 valence electrons. The lowest BCUT2D eigenvalue weighted by atomic mass is 9.51. The molecule has 2 heterocycles. The van der Waals surface area contributed by atoms with Crippen LogP contribution in [0.3, 0.4) is 0 Å². The van der Waals surface area contributed by atoms with E-state index in [9.17, 15) is 0 Å². The van der Waals surface area contributed by atoms with Gasteiger partial charge in [-0.2, -0.15) is 10.2 Å². The van der Waals surface area contributed by atoms with E-state index >= 15 is 0 Å². The molecule has 0 spiro atoms. The first-order valence-electron chi connectivity index (χ1n) is 8.61. The number of hydrogen-bond donors (Lipinski definition) is 0. The van der Waals surface area contributed by atoms with Crippen LogP contribution in [0.25, 0.3) is 0 Å². The lowest BCUT2D eigenvalue weighted by molar-refractivity contribution is 0.0165. The molecule has 0 saturated heterocycles. The highest BCUT2D eigenvalue weighted by molar-refractivity contribution is 5.47. The number of benzene rings is 2. The van der Waals surface area contributed by atoms with Crippen LogP contribution in [0.4, 0.5) is 0 Å². The fraction of sp³-hybridized carbons (Fsp3) is 0.333. The zero-order chi connectivity index (χ0) is 15.1. The molecule has 2 aromatic carbocycles. The molecular weight excluding hydrogens is 280 g/mol. The Labute approximate surface area is 136 Å². The predicted octanol–water partition coefficient (Wildman–Crippen LogP) is 4.70. The smallest absolute Gasteiger partial charge is 0.116 e. The molecule has 7 rings (SSSR count). The van der Waals surface area contributed by atoms with Crippen molar-refractivity contribution < 1.29 is 0 Å². The molecule has 2 aliphatic heterocycles. The van der Waals surface area contributed by atoms with E-state index < -0.39 is 0 Å². The Morgan fingerprint density at radius 3 is 1.48 bits per heavy atom. The van der Waals surface area contributed by atoms with Gasteiger partial charge in [0.2, 0.25) is 0 Å². The Kier molecular flexibility index (Phi) is 2.03. The lowest BCUT2D eigenvalue weighted by Crippen LogP contribution is -2.58. The predicted molar refractivity (Wildman–Crippen MR) is 88.8 cm³/mol. The molecule has 0 radical (unpaired) electrons. The summed E-state index contributed by atoms with van der Waals surface area (Å²) in [6.45, 7) is 0. The molecular formula is C21H18N2. The first kappa shape index (κ1) is 12.2. The highest BCUT2D eigenvalue weighted by Gasteiger charge is 2.77. The average molecular weight is 298 g/mol. The SMILES string of the molecule is C1=C[C@H]2[C@H]1[C@@]1(c3ccccc3)N=N[C@@]2(c2ccccc2)[C@H]2C[C@@H]21. The summed E-state index contributed by atoms with van der Waals surface area (Å²) in [6.07, 6.45) is 6.04. The zero-order valence-corrected chi connectivity index (χ0v) is 12.8. The van der Waals surface area contributed by atoms with E-state index in [0.717, 1.165) is 0 Å². The van der Waals surface area contributed by atoms with Crippen molar-refractivity contribution in [3.8, 4) is 0 Å². The molecule has 2 fully saturated rings. The average Bonchev–Trinajstić information content (AvgIpc) is 3.39. The number of hydrogen-bond acceptors (Lipinski definition) is 2. The standard InChI is InChI=1S/C21H18N2/c1-3-7-14(8-4-1)20-16-11-12-17(16)21(23-22-20,19-13-18(19)20)15-9-5-2-6-10-15/h1-12,16-19H,13H2/t16-,17-,18-,19-,20+,21+/m0/s1. The second-order valence-electron chi connectivity index (χ2n) is 7.47. The second kappa shape index (κ2) is 3.81. The van der Waals surface area contributed by atoms with Crippen molar-refractivity contribution in [2.24, 2.45) is 33.9 Å². The molecule has 3 aliphatic carbocycles. The van der Waals surface area contributed by atoms with Crippen LogP contribution in [0.2, 0.25) is 0 Å². The maximum atomic E-state index is 5.03. The largest absolute Gasteiger partial charge is 0.181 e.